The molecule has 0 radical (unpaired) electrons. The van der Waals surface area contributed by atoms with Crippen LogP contribution >= 0.6 is 7.60 Å². The first-order valence-corrected chi connectivity index (χ1v) is 4.01. The van der Waals surface area contributed by atoms with Crippen molar-refractivity contribution in [1.82, 2.24) is 5.32 Å². The second-order valence-corrected chi connectivity index (χ2v) is 2.91. The molecule has 0 rings (SSSR count). The molecular formula is C3H8NO3P-2. The Kier molecular flexibility index (Phi) is 3.24. The Morgan fingerprint density at radius 1 is 1.62 bits per heavy atom. The standard InChI is InChI=1S/C3H10NO3P/c1-2-4-3-8(5,6)7/h4H,2-3H2,1H3,(H2,5,6,7)/p-2. The van der Waals surface area contributed by atoms with Gasteiger partial charge in [-0.2, -0.15) is 0 Å². The molecule has 0 fully saturated rings. The molecule has 5 heteroatoms. The van der Waals surface area contributed by atoms with E-state index in [0.29, 0.717) is 6.54 Å². The van der Waals surface area contributed by atoms with Gasteiger partial charge in [0.1, 0.15) is 0 Å². The summed E-state index contributed by atoms with van der Waals surface area (Å²) in [4.78, 5) is 19.6. The summed E-state index contributed by atoms with van der Waals surface area (Å²) >= 11 is 0. The Balaban J connectivity index is 3.26. The molecule has 0 aliphatic rings. The Morgan fingerprint density at radius 2 is 2.12 bits per heavy atom. The first-order chi connectivity index (χ1) is 3.56. The molecule has 0 spiro atoms. The van der Waals surface area contributed by atoms with Gasteiger partial charge >= 0.3 is 0 Å². The summed E-state index contributed by atoms with van der Waals surface area (Å²) in [6, 6.07) is 0. The Labute approximate surface area is 48.1 Å². The summed E-state index contributed by atoms with van der Waals surface area (Å²) in [5.74, 6) is 0. The third-order valence-corrected chi connectivity index (χ3v) is 1.17. The first-order valence-electron chi connectivity index (χ1n) is 2.28. The second-order valence-electron chi connectivity index (χ2n) is 1.37. The van der Waals surface area contributed by atoms with Crippen molar-refractivity contribution in [3.63, 3.8) is 0 Å². The normalized spacial score (nSPS) is 11.9. The lowest BCUT2D eigenvalue weighted by molar-refractivity contribution is -0.313. The van der Waals surface area contributed by atoms with Gasteiger partial charge in [-0.25, -0.2) is 0 Å². The summed E-state index contributed by atoms with van der Waals surface area (Å²) in [5, 5.41) is 2.40. The van der Waals surface area contributed by atoms with Gasteiger partial charge in [0.25, 0.3) is 0 Å². The number of nitrogens with one attached hydrogen (secondary N) is 1. The van der Waals surface area contributed by atoms with Crippen molar-refractivity contribution in [2.45, 2.75) is 6.92 Å². The van der Waals surface area contributed by atoms with Crippen molar-refractivity contribution in [2.75, 3.05) is 12.8 Å². The van der Waals surface area contributed by atoms with E-state index in [1.807, 2.05) is 0 Å². The van der Waals surface area contributed by atoms with Crippen LogP contribution in [0.2, 0.25) is 0 Å². The number of rotatable bonds is 3. The predicted octanol–water partition coefficient (Wildman–Crippen LogP) is -1.53. The van der Waals surface area contributed by atoms with E-state index in [9.17, 15) is 14.4 Å². The highest BCUT2D eigenvalue weighted by Crippen LogP contribution is 2.18. The fraction of sp³-hybridized carbons (Fsp3) is 1.00. The zero-order chi connectivity index (χ0) is 6.62. The number of hydrogen-bond acceptors (Lipinski definition) is 4. The first kappa shape index (κ1) is 8.11. The average Bonchev–Trinajstić information content (AvgIpc) is 1.59. The molecule has 0 amide bonds. The molecule has 50 valence electrons. The summed E-state index contributed by atoms with van der Waals surface area (Å²) in [6.07, 6.45) is -0.441. The van der Waals surface area contributed by atoms with Crippen molar-refractivity contribution in [1.29, 1.82) is 0 Å². The summed E-state index contributed by atoms with van der Waals surface area (Å²) in [7, 11) is -4.29. The maximum atomic E-state index is 9.80. The molecule has 0 saturated carbocycles. The predicted molar refractivity (Wildman–Crippen MR) is 26.2 cm³/mol. The molecule has 0 atom stereocenters. The van der Waals surface area contributed by atoms with Crippen LogP contribution in [0.5, 0.6) is 0 Å². The van der Waals surface area contributed by atoms with Gasteiger partial charge in [-0.15, -0.1) is 0 Å². The lowest BCUT2D eigenvalue weighted by atomic mass is 10.8. The van der Waals surface area contributed by atoms with Crippen molar-refractivity contribution < 1.29 is 14.4 Å². The van der Waals surface area contributed by atoms with Crippen molar-refractivity contribution >= 4 is 7.60 Å². The molecule has 1 N–H and O–H groups in total. The van der Waals surface area contributed by atoms with Crippen LogP contribution in [-0.2, 0) is 4.57 Å². The quantitative estimate of drug-likeness (QED) is 0.478. The van der Waals surface area contributed by atoms with Crippen LogP contribution in [0.1, 0.15) is 6.92 Å². The maximum absolute atomic E-state index is 9.80. The minimum atomic E-state index is -4.29. The average molecular weight is 137 g/mol. The third kappa shape index (κ3) is 6.11. The molecule has 0 aromatic heterocycles. The van der Waals surface area contributed by atoms with Crippen molar-refractivity contribution in [3.05, 3.63) is 0 Å². The topological polar surface area (TPSA) is 75.2 Å². The Bertz CT molecular complexity index is 98.7. The molecular weight excluding hydrogens is 129 g/mol. The minimum absolute atomic E-state index is 0.441. The molecule has 0 saturated heterocycles. The van der Waals surface area contributed by atoms with Crippen LogP contribution in [0, 0.1) is 0 Å². The monoisotopic (exact) mass is 137 g/mol. The maximum Gasteiger partial charge on any atom is 0.0232 e. The van der Waals surface area contributed by atoms with E-state index < -0.39 is 13.9 Å². The summed E-state index contributed by atoms with van der Waals surface area (Å²) in [6.45, 7) is 2.24. The molecule has 0 aliphatic heterocycles. The fourth-order valence-electron chi connectivity index (χ4n) is 0.249. The van der Waals surface area contributed by atoms with Crippen LogP contribution in [0.4, 0.5) is 0 Å². The van der Waals surface area contributed by atoms with E-state index in [2.05, 4.69) is 5.32 Å². The van der Waals surface area contributed by atoms with Gasteiger partial charge in [-0.3, -0.25) is 0 Å². The molecule has 4 nitrogen and oxygen atoms in total. The molecule has 0 aromatic carbocycles. The van der Waals surface area contributed by atoms with Gasteiger partial charge in [0, 0.05) is 6.29 Å². The molecule has 0 heterocycles. The zero-order valence-electron chi connectivity index (χ0n) is 4.59. The fourth-order valence-corrected chi connectivity index (χ4v) is 0.746. The Hall–Kier alpha value is 0.110. The van der Waals surface area contributed by atoms with Crippen molar-refractivity contribution in [3.8, 4) is 0 Å². The molecule has 0 bridgehead atoms. The smallest absolute Gasteiger partial charge is 0.0232 e. The Morgan fingerprint density at radius 3 is 2.25 bits per heavy atom. The lowest BCUT2D eigenvalue weighted by Gasteiger charge is -2.29. The minimum Gasteiger partial charge on any atom is -0.810 e. The van der Waals surface area contributed by atoms with E-state index in [1.165, 1.54) is 0 Å². The van der Waals surface area contributed by atoms with Gasteiger partial charge < -0.3 is 19.7 Å². The van der Waals surface area contributed by atoms with Crippen LogP contribution in [-0.4, -0.2) is 12.8 Å². The number of hydrogen-bond donors (Lipinski definition) is 1. The van der Waals surface area contributed by atoms with Crippen LogP contribution < -0.4 is 15.1 Å². The third-order valence-electron chi connectivity index (χ3n) is 0.555. The van der Waals surface area contributed by atoms with E-state index >= 15 is 0 Å². The SMILES string of the molecule is CCNCP(=O)([O-])[O-]. The molecule has 0 unspecified atom stereocenters. The largest absolute Gasteiger partial charge is 0.810 e. The lowest BCUT2D eigenvalue weighted by Crippen LogP contribution is -2.26. The second kappa shape index (κ2) is 3.20. The van der Waals surface area contributed by atoms with Gasteiger partial charge in [-0.05, 0) is 6.54 Å². The molecule has 0 aliphatic carbocycles. The summed E-state index contributed by atoms with van der Waals surface area (Å²) < 4.78 is 9.80. The van der Waals surface area contributed by atoms with Crippen LogP contribution in [0.15, 0.2) is 0 Å². The van der Waals surface area contributed by atoms with E-state index in [4.69, 9.17) is 0 Å². The highest BCUT2D eigenvalue weighted by Gasteiger charge is 1.84. The van der Waals surface area contributed by atoms with E-state index in [0.717, 1.165) is 0 Å². The highest BCUT2D eigenvalue weighted by molar-refractivity contribution is 7.48. The zero-order valence-corrected chi connectivity index (χ0v) is 5.48. The van der Waals surface area contributed by atoms with Gasteiger partial charge in [0.2, 0.25) is 0 Å². The summed E-state index contributed by atoms with van der Waals surface area (Å²) in [5.41, 5.74) is 0. The highest BCUT2D eigenvalue weighted by atomic mass is 31.2. The molecule has 8 heavy (non-hydrogen) atoms. The van der Waals surface area contributed by atoms with E-state index in [-0.39, 0.29) is 0 Å². The van der Waals surface area contributed by atoms with E-state index in [1.54, 1.807) is 6.92 Å². The molecule has 0 aromatic rings. The van der Waals surface area contributed by atoms with Crippen molar-refractivity contribution in [2.24, 2.45) is 0 Å². The van der Waals surface area contributed by atoms with Gasteiger partial charge in [0.05, 0.1) is 0 Å². The van der Waals surface area contributed by atoms with Gasteiger partial charge in [0.15, 0.2) is 0 Å². The van der Waals surface area contributed by atoms with Gasteiger partial charge in [-0.1, -0.05) is 14.5 Å². The van der Waals surface area contributed by atoms with Crippen LogP contribution in [0.25, 0.3) is 0 Å². The van der Waals surface area contributed by atoms with Crippen LogP contribution in [0.3, 0.4) is 0 Å².